The van der Waals surface area contributed by atoms with E-state index in [1.165, 1.54) is 28.4 Å². The topological polar surface area (TPSA) is 85.1 Å². The van der Waals surface area contributed by atoms with E-state index >= 15 is 0 Å². The van der Waals surface area contributed by atoms with E-state index in [2.05, 4.69) is 10.1 Å². The van der Waals surface area contributed by atoms with Gasteiger partial charge in [0.05, 0.1) is 18.3 Å². The summed E-state index contributed by atoms with van der Waals surface area (Å²) in [5, 5.41) is 15.3. The number of carbonyl (C=O) groups is 2. The van der Waals surface area contributed by atoms with Crippen LogP contribution >= 0.6 is 11.3 Å². The van der Waals surface area contributed by atoms with Crippen molar-refractivity contribution in [3.8, 4) is 0 Å². The number of Topliss-reactive ketones (excluding diaryl/α,β-unsaturated/α-hetero) is 1. The Morgan fingerprint density at radius 2 is 2.17 bits per heavy atom. The van der Waals surface area contributed by atoms with E-state index in [0.717, 1.165) is 11.1 Å². The van der Waals surface area contributed by atoms with Crippen molar-refractivity contribution in [2.45, 2.75) is 19.9 Å². The van der Waals surface area contributed by atoms with Crippen molar-refractivity contribution < 1.29 is 14.7 Å². The number of hydrogen-bond donors (Lipinski definition) is 1. The molecular weight excluding hydrogens is 326 g/mol. The summed E-state index contributed by atoms with van der Waals surface area (Å²) in [7, 11) is 0. The van der Waals surface area contributed by atoms with Crippen LogP contribution in [0.25, 0.3) is 0 Å². The first-order valence-corrected chi connectivity index (χ1v) is 8.18. The number of hydrogen-bond acceptors (Lipinski definition) is 5. The molecule has 0 unspecified atom stereocenters. The summed E-state index contributed by atoms with van der Waals surface area (Å²) in [6.07, 6.45) is 3.05. The minimum atomic E-state index is -1.02. The molecule has 2 aromatic heterocycles. The average molecular weight is 341 g/mol. The van der Waals surface area contributed by atoms with Gasteiger partial charge in [0.25, 0.3) is 0 Å². The molecule has 0 aliphatic heterocycles. The highest BCUT2D eigenvalue weighted by Crippen LogP contribution is 2.15. The number of aromatic nitrogens is 3. The van der Waals surface area contributed by atoms with Crippen LogP contribution in [0.4, 0.5) is 0 Å². The highest BCUT2D eigenvalue weighted by molar-refractivity contribution is 7.09. The van der Waals surface area contributed by atoms with Gasteiger partial charge in [0.1, 0.15) is 10.7 Å². The predicted molar refractivity (Wildman–Crippen MR) is 89.6 cm³/mol. The van der Waals surface area contributed by atoms with Crippen LogP contribution in [0.2, 0.25) is 0 Å². The van der Waals surface area contributed by atoms with E-state index in [-0.39, 0.29) is 11.3 Å². The first-order chi connectivity index (χ1) is 11.5. The van der Waals surface area contributed by atoms with Crippen LogP contribution in [0.1, 0.15) is 37.0 Å². The number of thiazole rings is 1. The summed E-state index contributed by atoms with van der Waals surface area (Å²) in [5.41, 5.74) is 2.64. The van der Waals surface area contributed by atoms with Gasteiger partial charge in [-0.15, -0.1) is 11.3 Å². The Labute approximate surface area is 142 Å². The van der Waals surface area contributed by atoms with Gasteiger partial charge in [-0.05, 0) is 12.5 Å². The van der Waals surface area contributed by atoms with Crippen LogP contribution in [0.3, 0.4) is 0 Å². The van der Waals surface area contributed by atoms with Gasteiger partial charge in [-0.2, -0.15) is 5.10 Å². The van der Waals surface area contributed by atoms with Crippen molar-refractivity contribution >= 4 is 23.1 Å². The lowest BCUT2D eigenvalue weighted by Crippen LogP contribution is -2.05. The standard InChI is InChI=1S/C17H15N3O3S/c1-11-3-2-4-12(5-11)6-15(21)14-10-24-16(19-14)9-20-8-13(7-18-20)17(22)23/h2-5,7-8,10H,6,9H2,1H3,(H,22,23). The van der Waals surface area contributed by atoms with Gasteiger partial charge in [0.2, 0.25) is 0 Å². The molecule has 0 saturated heterocycles. The summed E-state index contributed by atoms with van der Waals surface area (Å²) in [6.45, 7) is 2.33. The molecular formula is C17H15N3O3S. The maximum atomic E-state index is 12.3. The number of carboxylic acids is 1. The fraction of sp³-hybridized carbons (Fsp3) is 0.176. The molecule has 1 N–H and O–H groups in total. The maximum Gasteiger partial charge on any atom is 0.338 e. The van der Waals surface area contributed by atoms with E-state index < -0.39 is 5.97 Å². The molecule has 6 nitrogen and oxygen atoms in total. The first kappa shape index (κ1) is 16.1. The third-order valence-electron chi connectivity index (χ3n) is 3.46. The zero-order valence-electron chi connectivity index (χ0n) is 13.0. The lowest BCUT2D eigenvalue weighted by atomic mass is 10.1. The van der Waals surface area contributed by atoms with Gasteiger partial charge < -0.3 is 5.11 Å². The quantitative estimate of drug-likeness (QED) is 0.697. The molecule has 24 heavy (non-hydrogen) atoms. The van der Waals surface area contributed by atoms with E-state index in [9.17, 15) is 9.59 Å². The predicted octanol–water partition coefficient (Wildman–Crippen LogP) is 2.82. The van der Waals surface area contributed by atoms with E-state index in [1.807, 2.05) is 31.2 Å². The second-order valence-electron chi connectivity index (χ2n) is 5.45. The summed E-state index contributed by atoms with van der Waals surface area (Å²) in [6, 6.07) is 7.84. The second-order valence-corrected chi connectivity index (χ2v) is 6.39. The van der Waals surface area contributed by atoms with Crippen molar-refractivity contribution in [3.05, 3.63) is 69.4 Å². The molecule has 7 heteroatoms. The summed E-state index contributed by atoms with van der Waals surface area (Å²) >= 11 is 1.36. The monoisotopic (exact) mass is 341 g/mol. The normalized spacial score (nSPS) is 10.7. The number of rotatable bonds is 6. The zero-order valence-corrected chi connectivity index (χ0v) is 13.8. The van der Waals surface area contributed by atoms with Gasteiger partial charge in [-0.25, -0.2) is 9.78 Å². The fourth-order valence-corrected chi connectivity index (χ4v) is 3.10. The summed E-state index contributed by atoms with van der Waals surface area (Å²) in [4.78, 5) is 27.5. The van der Waals surface area contributed by atoms with Crippen LogP contribution in [0, 0.1) is 6.92 Å². The summed E-state index contributed by atoms with van der Waals surface area (Å²) in [5.74, 6) is -1.05. The number of carboxylic acid groups (broad SMARTS) is 1. The fourth-order valence-electron chi connectivity index (χ4n) is 2.31. The smallest absolute Gasteiger partial charge is 0.338 e. The Bertz CT molecular complexity index is 898. The molecule has 0 atom stereocenters. The third-order valence-corrected chi connectivity index (χ3v) is 4.30. The lowest BCUT2D eigenvalue weighted by molar-refractivity contribution is 0.0696. The largest absolute Gasteiger partial charge is 0.478 e. The van der Waals surface area contributed by atoms with Gasteiger partial charge in [-0.3, -0.25) is 9.48 Å². The molecule has 0 amide bonds. The lowest BCUT2D eigenvalue weighted by Gasteiger charge is -2.00. The van der Waals surface area contributed by atoms with Gasteiger partial charge in [-0.1, -0.05) is 29.8 Å². The SMILES string of the molecule is Cc1cccc(CC(=O)c2csc(Cn3cc(C(=O)O)cn3)n2)c1. The molecule has 3 aromatic rings. The highest BCUT2D eigenvalue weighted by Gasteiger charge is 2.13. The van der Waals surface area contributed by atoms with Crippen molar-refractivity contribution in [2.75, 3.05) is 0 Å². The van der Waals surface area contributed by atoms with Crippen LogP contribution in [-0.4, -0.2) is 31.6 Å². The molecule has 0 fully saturated rings. The number of ketones is 1. The van der Waals surface area contributed by atoms with Crippen molar-refractivity contribution in [1.29, 1.82) is 0 Å². The molecule has 0 aliphatic rings. The van der Waals surface area contributed by atoms with E-state index in [4.69, 9.17) is 5.11 Å². The molecule has 0 bridgehead atoms. The average Bonchev–Trinajstić information content (AvgIpc) is 3.17. The number of carbonyl (C=O) groups excluding carboxylic acids is 1. The van der Waals surface area contributed by atoms with E-state index in [0.29, 0.717) is 23.7 Å². The highest BCUT2D eigenvalue weighted by atomic mass is 32.1. The molecule has 0 spiro atoms. The van der Waals surface area contributed by atoms with Crippen molar-refractivity contribution in [2.24, 2.45) is 0 Å². The van der Waals surface area contributed by atoms with Crippen LogP contribution in [-0.2, 0) is 13.0 Å². The van der Waals surface area contributed by atoms with Crippen molar-refractivity contribution in [3.63, 3.8) is 0 Å². The van der Waals surface area contributed by atoms with Gasteiger partial charge >= 0.3 is 5.97 Å². The molecule has 0 saturated carbocycles. The molecule has 0 aliphatic carbocycles. The van der Waals surface area contributed by atoms with Crippen LogP contribution in [0.5, 0.6) is 0 Å². The van der Waals surface area contributed by atoms with Gasteiger partial charge in [0, 0.05) is 18.0 Å². The molecule has 0 radical (unpaired) electrons. The summed E-state index contributed by atoms with van der Waals surface area (Å²) < 4.78 is 1.50. The molecule has 3 rings (SSSR count). The van der Waals surface area contributed by atoms with Gasteiger partial charge in [0.15, 0.2) is 5.78 Å². The zero-order chi connectivity index (χ0) is 17.1. The maximum absolute atomic E-state index is 12.3. The minimum Gasteiger partial charge on any atom is -0.478 e. The first-order valence-electron chi connectivity index (χ1n) is 7.30. The second kappa shape index (κ2) is 6.76. The van der Waals surface area contributed by atoms with Crippen molar-refractivity contribution in [1.82, 2.24) is 14.8 Å². The number of benzene rings is 1. The molecule has 2 heterocycles. The molecule has 122 valence electrons. The molecule has 1 aromatic carbocycles. The minimum absolute atomic E-state index is 0.0326. The number of aryl methyl sites for hydroxylation is 1. The Kier molecular flexibility index (Phi) is 4.52. The van der Waals surface area contributed by atoms with E-state index in [1.54, 1.807) is 5.38 Å². The Hall–Kier alpha value is -2.80. The Morgan fingerprint density at radius 1 is 1.33 bits per heavy atom. The van der Waals surface area contributed by atoms with Crippen LogP contribution in [0.15, 0.2) is 42.0 Å². The number of nitrogens with zero attached hydrogens (tertiary/aromatic N) is 3. The third kappa shape index (κ3) is 3.75. The number of aromatic carboxylic acids is 1. The Morgan fingerprint density at radius 3 is 2.88 bits per heavy atom. The Balaban J connectivity index is 1.68. The van der Waals surface area contributed by atoms with Crippen LogP contribution < -0.4 is 0 Å².